The quantitative estimate of drug-likeness (QED) is 0.593. The Morgan fingerprint density at radius 2 is 2.33 bits per heavy atom. The SMILES string of the molecule is CN(C)CCN1CC=CC(O)C1. The van der Waals surface area contributed by atoms with Gasteiger partial charge in [-0.1, -0.05) is 12.2 Å². The number of β-amino-alcohol motifs (C(OH)–C–C–N with tert-alkyl or cyclic N) is 1. The van der Waals surface area contributed by atoms with Crippen molar-refractivity contribution >= 4 is 0 Å². The molecule has 1 aliphatic rings. The summed E-state index contributed by atoms with van der Waals surface area (Å²) < 4.78 is 0. The minimum atomic E-state index is -0.263. The Balaban J connectivity index is 2.21. The Hall–Kier alpha value is -0.380. The molecule has 0 aliphatic carbocycles. The lowest BCUT2D eigenvalue weighted by Gasteiger charge is -2.27. The van der Waals surface area contributed by atoms with Gasteiger partial charge in [-0.2, -0.15) is 0 Å². The molecule has 1 unspecified atom stereocenters. The Labute approximate surface area is 74.3 Å². The first-order chi connectivity index (χ1) is 5.68. The summed E-state index contributed by atoms with van der Waals surface area (Å²) in [6, 6.07) is 0. The predicted molar refractivity (Wildman–Crippen MR) is 50.1 cm³/mol. The molecule has 0 fully saturated rings. The Morgan fingerprint density at radius 1 is 1.58 bits per heavy atom. The first-order valence-corrected chi connectivity index (χ1v) is 4.40. The molecule has 3 heteroatoms. The maximum atomic E-state index is 9.30. The molecule has 3 nitrogen and oxygen atoms in total. The topological polar surface area (TPSA) is 26.7 Å². The van der Waals surface area contributed by atoms with Crippen LogP contribution in [0.4, 0.5) is 0 Å². The van der Waals surface area contributed by atoms with E-state index in [-0.39, 0.29) is 6.10 Å². The molecule has 12 heavy (non-hydrogen) atoms. The Bertz CT molecular complexity index is 157. The molecule has 0 aromatic rings. The number of hydrogen-bond acceptors (Lipinski definition) is 3. The second kappa shape index (κ2) is 4.60. The van der Waals surface area contributed by atoms with E-state index in [4.69, 9.17) is 0 Å². The zero-order chi connectivity index (χ0) is 8.97. The van der Waals surface area contributed by atoms with Gasteiger partial charge in [-0.25, -0.2) is 0 Å². The van der Waals surface area contributed by atoms with E-state index in [2.05, 4.69) is 23.9 Å². The van der Waals surface area contributed by atoms with Crippen LogP contribution in [0.15, 0.2) is 12.2 Å². The van der Waals surface area contributed by atoms with Crippen LogP contribution in [0.3, 0.4) is 0 Å². The van der Waals surface area contributed by atoms with E-state index in [1.54, 1.807) is 0 Å². The molecule has 0 amide bonds. The third-order valence-corrected chi connectivity index (χ3v) is 2.03. The highest BCUT2D eigenvalue weighted by atomic mass is 16.3. The van der Waals surface area contributed by atoms with Crippen molar-refractivity contribution in [3.05, 3.63) is 12.2 Å². The van der Waals surface area contributed by atoms with Gasteiger partial charge in [0.15, 0.2) is 0 Å². The van der Waals surface area contributed by atoms with E-state index in [9.17, 15) is 5.11 Å². The zero-order valence-corrected chi connectivity index (χ0v) is 7.90. The van der Waals surface area contributed by atoms with Gasteiger partial charge in [0.05, 0.1) is 6.10 Å². The van der Waals surface area contributed by atoms with Crippen LogP contribution in [-0.4, -0.2) is 61.3 Å². The molecule has 0 radical (unpaired) electrons. The Morgan fingerprint density at radius 3 is 2.92 bits per heavy atom. The minimum Gasteiger partial charge on any atom is -0.388 e. The summed E-state index contributed by atoms with van der Waals surface area (Å²) in [6.07, 6.45) is 3.64. The summed E-state index contributed by atoms with van der Waals surface area (Å²) in [5.41, 5.74) is 0. The number of hydrogen-bond donors (Lipinski definition) is 1. The van der Waals surface area contributed by atoms with Crippen molar-refractivity contribution in [1.82, 2.24) is 9.80 Å². The highest BCUT2D eigenvalue weighted by Gasteiger charge is 2.11. The zero-order valence-electron chi connectivity index (χ0n) is 7.90. The van der Waals surface area contributed by atoms with Gasteiger partial charge in [-0.05, 0) is 14.1 Å². The third-order valence-electron chi connectivity index (χ3n) is 2.03. The van der Waals surface area contributed by atoms with Crippen LogP contribution in [-0.2, 0) is 0 Å². The van der Waals surface area contributed by atoms with Gasteiger partial charge in [0.1, 0.15) is 0 Å². The minimum absolute atomic E-state index is 0.263. The second-order valence-electron chi connectivity index (χ2n) is 3.56. The monoisotopic (exact) mass is 170 g/mol. The van der Waals surface area contributed by atoms with Crippen LogP contribution in [0, 0.1) is 0 Å². The molecule has 1 aliphatic heterocycles. The molecule has 0 aromatic heterocycles. The van der Waals surface area contributed by atoms with Crippen LogP contribution in [0.2, 0.25) is 0 Å². The molecule has 1 atom stereocenters. The van der Waals surface area contributed by atoms with Crippen molar-refractivity contribution < 1.29 is 5.11 Å². The molecule has 0 bridgehead atoms. The van der Waals surface area contributed by atoms with Gasteiger partial charge >= 0.3 is 0 Å². The van der Waals surface area contributed by atoms with Gasteiger partial charge in [-0.15, -0.1) is 0 Å². The second-order valence-corrected chi connectivity index (χ2v) is 3.56. The average molecular weight is 170 g/mol. The fraction of sp³-hybridized carbons (Fsp3) is 0.778. The predicted octanol–water partition coefficient (Wildman–Crippen LogP) is -0.219. The van der Waals surface area contributed by atoms with Gasteiger partial charge in [0.2, 0.25) is 0 Å². The van der Waals surface area contributed by atoms with E-state index in [1.807, 2.05) is 12.2 Å². The first kappa shape index (κ1) is 9.71. The van der Waals surface area contributed by atoms with Crippen LogP contribution in [0.25, 0.3) is 0 Å². The number of nitrogens with zero attached hydrogens (tertiary/aromatic N) is 2. The van der Waals surface area contributed by atoms with Gasteiger partial charge in [0, 0.05) is 26.2 Å². The highest BCUT2D eigenvalue weighted by molar-refractivity contribution is 4.97. The fourth-order valence-corrected chi connectivity index (χ4v) is 1.29. The largest absolute Gasteiger partial charge is 0.388 e. The molecule has 1 N–H and O–H groups in total. The molecule has 0 spiro atoms. The van der Waals surface area contributed by atoms with Crippen molar-refractivity contribution in [3.63, 3.8) is 0 Å². The molecule has 0 aromatic carbocycles. The molecule has 0 saturated heterocycles. The first-order valence-electron chi connectivity index (χ1n) is 4.40. The van der Waals surface area contributed by atoms with E-state index in [0.717, 1.165) is 26.2 Å². The number of rotatable bonds is 3. The van der Waals surface area contributed by atoms with E-state index in [0.29, 0.717) is 0 Å². The van der Waals surface area contributed by atoms with E-state index >= 15 is 0 Å². The van der Waals surface area contributed by atoms with Crippen LogP contribution in [0.1, 0.15) is 0 Å². The molecule has 0 saturated carbocycles. The summed E-state index contributed by atoms with van der Waals surface area (Å²) in [6.45, 7) is 3.85. The summed E-state index contributed by atoms with van der Waals surface area (Å²) in [7, 11) is 4.13. The van der Waals surface area contributed by atoms with Gasteiger partial charge in [-0.3, -0.25) is 4.90 Å². The lowest BCUT2D eigenvalue weighted by molar-refractivity contribution is 0.138. The molecule has 70 valence electrons. The van der Waals surface area contributed by atoms with Crippen LogP contribution in [0.5, 0.6) is 0 Å². The summed E-state index contributed by atoms with van der Waals surface area (Å²) >= 11 is 0. The van der Waals surface area contributed by atoms with Crippen molar-refractivity contribution in [2.75, 3.05) is 40.3 Å². The fourth-order valence-electron chi connectivity index (χ4n) is 1.29. The van der Waals surface area contributed by atoms with Gasteiger partial charge < -0.3 is 10.0 Å². The smallest absolute Gasteiger partial charge is 0.0848 e. The lowest BCUT2D eigenvalue weighted by atomic mass is 10.2. The normalized spacial score (nSPS) is 25.2. The van der Waals surface area contributed by atoms with Gasteiger partial charge in [0.25, 0.3) is 0 Å². The summed E-state index contributed by atoms with van der Waals surface area (Å²) in [5, 5.41) is 9.30. The Kier molecular flexibility index (Phi) is 3.72. The van der Waals surface area contributed by atoms with Crippen molar-refractivity contribution in [2.45, 2.75) is 6.10 Å². The number of aliphatic hydroxyl groups excluding tert-OH is 1. The van der Waals surface area contributed by atoms with Crippen molar-refractivity contribution in [3.8, 4) is 0 Å². The maximum Gasteiger partial charge on any atom is 0.0848 e. The summed E-state index contributed by atoms with van der Waals surface area (Å²) in [4.78, 5) is 4.41. The summed E-state index contributed by atoms with van der Waals surface area (Å²) in [5.74, 6) is 0. The van der Waals surface area contributed by atoms with Crippen molar-refractivity contribution in [1.29, 1.82) is 0 Å². The number of likely N-dealkylation sites (N-methyl/N-ethyl adjacent to an activating group) is 1. The highest BCUT2D eigenvalue weighted by Crippen LogP contribution is 2.01. The third kappa shape index (κ3) is 3.34. The van der Waals surface area contributed by atoms with Crippen LogP contribution < -0.4 is 0 Å². The average Bonchev–Trinajstić information content (AvgIpc) is 2.01. The van der Waals surface area contributed by atoms with Crippen molar-refractivity contribution in [2.24, 2.45) is 0 Å². The van der Waals surface area contributed by atoms with E-state index in [1.165, 1.54) is 0 Å². The molecular weight excluding hydrogens is 152 g/mol. The molecular formula is C9H18N2O. The van der Waals surface area contributed by atoms with E-state index < -0.39 is 0 Å². The molecule has 1 heterocycles. The number of aliphatic hydroxyl groups is 1. The van der Waals surface area contributed by atoms with Crippen LogP contribution >= 0.6 is 0 Å². The standard InChI is InChI=1S/C9H18N2O/c1-10(2)6-7-11-5-3-4-9(12)8-11/h3-4,9,12H,5-8H2,1-2H3. The maximum absolute atomic E-state index is 9.30. The molecule has 1 rings (SSSR count). The lowest BCUT2D eigenvalue weighted by Crippen LogP contribution is -2.39.